The van der Waals surface area contributed by atoms with E-state index in [1.165, 1.54) is 6.92 Å². The van der Waals surface area contributed by atoms with E-state index in [4.69, 9.17) is 14.9 Å². The number of rotatable bonds is 7. The summed E-state index contributed by atoms with van der Waals surface area (Å²) < 4.78 is 4.88. The number of aliphatic hydroxyl groups is 2. The standard InChI is InChI=1S/C10H18O4/c1-3-4-5-6-14-9(13)10(2,7-11)8-12/h3,11-12H,1,4-8H2,2H3. The molecule has 0 amide bonds. The second-order valence-corrected chi connectivity index (χ2v) is 3.44. The molecule has 0 aromatic carbocycles. The Bertz CT molecular complexity index is 185. The van der Waals surface area contributed by atoms with Gasteiger partial charge in [0.25, 0.3) is 0 Å². The van der Waals surface area contributed by atoms with Gasteiger partial charge in [-0.3, -0.25) is 4.79 Å². The normalized spacial score (nSPS) is 11.1. The molecule has 0 aliphatic carbocycles. The summed E-state index contributed by atoms with van der Waals surface area (Å²) in [6.45, 7) is 4.47. The van der Waals surface area contributed by atoms with Crippen molar-refractivity contribution in [2.75, 3.05) is 19.8 Å². The number of hydrogen-bond donors (Lipinski definition) is 2. The molecule has 14 heavy (non-hydrogen) atoms. The van der Waals surface area contributed by atoms with Gasteiger partial charge in [-0.1, -0.05) is 6.08 Å². The Morgan fingerprint density at radius 2 is 2.07 bits per heavy atom. The molecule has 0 aromatic rings. The minimum absolute atomic E-state index is 0.292. The van der Waals surface area contributed by atoms with Crippen LogP contribution in [-0.2, 0) is 9.53 Å². The maximum atomic E-state index is 11.3. The molecule has 0 rings (SSSR count). The molecule has 0 saturated carbocycles. The number of esters is 1. The molecule has 0 bridgehead atoms. The van der Waals surface area contributed by atoms with Crippen molar-refractivity contribution in [1.82, 2.24) is 0 Å². The zero-order valence-corrected chi connectivity index (χ0v) is 8.53. The molecule has 0 heterocycles. The number of aliphatic hydroxyl groups excluding tert-OH is 2. The van der Waals surface area contributed by atoms with E-state index < -0.39 is 24.6 Å². The largest absolute Gasteiger partial charge is 0.465 e. The lowest BCUT2D eigenvalue weighted by atomic mass is 9.93. The van der Waals surface area contributed by atoms with Gasteiger partial charge in [0.1, 0.15) is 5.41 Å². The topological polar surface area (TPSA) is 66.8 Å². The molecule has 4 heteroatoms. The molecule has 0 spiro atoms. The van der Waals surface area contributed by atoms with Crippen LogP contribution in [0.25, 0.3) is 0 Å². The van der Waals surface area contributed by atoms with Crippen LogP contribution < -0.4 is 0 Å². The second-order valence-electron chi connectivity index (χ2n) is 3.44. The minimum Gasteiger partial charge on any atom is -0.465 e. The van der Waals surface area contributed by atoms with Crippen molar-refractivity contribution in [3.8, 4) is 0 Å². The maximum absolute atomic E-state index is 11.3. The molecule has 0 atom stereocenters. The van der Waals surface area contributed by atoms with Crippen molar-refractivity contribution in [2.45, 2.75) is 19.8 Å². The Morgan fingerprint density at radius 1 is 1.50 bits per heavy atom. The van der Waals surface area contributed by atoms with Crippen LogP contribution in [0.2, 0.25) is 0 Å². The quantitative estimate of drug-likeness (QED) is 0.358. The van der Waals surface area contributed by atoms with E-state index in [2.05, 4.69) is 6.58 Å². The van der Waals surface area contributed by atoms with Crippen LogP contribution in [0.1, 0.15) is 19.8 Å². The smallest absolute Gasteiger partial charge is 0.316 e. The van der Waals surface area contributed by atoms with E-state index in [0.717, 1.165) is 6.42 Å². The van der Waals surface area contributed by atoms with Gasteiger partial charge in [-0.05, 0) is 19.8 Å². The van der Waals surface area contributed by atoms with Crippen LogP contribution >= 0.6 is 0 Å². The summed E-state index contributed by atoms with van der Waals surface area (Å²) in [5, 5.41) is 17.8. The van der Waals surface area contributed by atoms with E-state index in [1.807, 2.05) is 0 Å². The number of hydrogen-bond acceptors (Lipinski definition) is 4. The van der Waals surface area contributed by atoms with Crippen molar-refractivity contribution >= 4 is 5.97 Å². The molecular weight excluding hydrogens is 184 g/mol. The predicted octanol–water partition coefficient (Wildman–Crippen LogP) is 0.487. The fraction of sp³-hybridized carbons (Fsp3) is 0.700. The zero-order valence-electron chi connectivity index (χ0n) is 8.53. The average Bonchev–Trinajstić information content (AvgIpc) is 2.22. The number of unbranched alkanes of at least 4 members (excludes halogenated alkanes) is 1. The van der Waals surface area contributed by atoms with E-state index in [-0.39, 0.29) is 0 Å². The molecule has 0 saturated heterocycles. The third kappa shape index (κ3) is 3.89. The van der Waals surface area contributed by atoms with Gasteiger partial charge >= 0.3 is 5.97 Å². The lowest BCUT2D eigenvalue weighted by Crippen LogP contribution is -2.37. The SMILES string of the molecule is C=CCCCOC(=O)C(C)(CO)CO. The molecule has 0 aliphatic heterocycles. The fourth-order valence-electron chi connectivity index (χ4n) is 0.746. The first kappa shape index (κ1) is 13.1. The van der Waals surface area contributed by atoms with Gasteiger partial charge < -0.3 is 14.9 Å². The molecule has 0 fully saturated rings. The lowest BCUT2D eigenvalue weighted by molar-refractivity contribution is -0.160. The summed E-state index contributed by atoms with van der Waals surface area (Å²) in [6, 6.07) is 0. The van der Waals surface area contributed by atoms with Crippen LogP contribution in [0.5, 0.6) is 0 Å². The van der Waals surface area contributed by atoms with Gasteiger partial charge in [-0.25, -0.2) is 0 Å². The Kier molecular flexibility index (Phi) is 6.16. The number of ether oxygens (including phenoxy) is 1. The predicted molar refractivity (Wildman–Crippen MR) is 52.7 cm³/mol. The van der Waals surface area contributed by atoms with Crippen LogP contribution in [0.3, 0.4) is 0 Å². The van der Waals surface area contributed by atoms with Crippen molar-refractivity contribution in [3.63, 3.8) is 0 Å². The van der Waals surface area contributed by atoms with Crippen molar-refractivity contribution in [1.29, 1.82) is 0 Å². The summed E-state index contributed by atoms with van der Waals surface area (Å²) in [7, 11) is 0. The van der Waals surface area contributed by atoms with E-state index in [9.17, 15) is 4.79 Å². The molecule has 82 valence electrons. The van der Waals surface area contributed by atoms with Gasteiger partial charge in [-0.2, -0.15) is 0 Å². The summed E-state index contributed by atoms with van der Waals surface area (Å²) in [5.41, 5.74) is -1.19. The van der Waals surface area contributed by atoms with Gasteiger partial charge in [0.05, 0.1) is 19.8 Å². The highest BCUT2D eigenvalue weighted by molar-refractivity contribution is 5.76. The zero-order chi connectivity index (χ0) is 11.0. The van der Waals surface area contributed by atoms with Crippen LogP contribution in [0.4, 0.5) is 0 Å². The highest BCUT2D eigenvalue weighted by Crippen LogP contribution is 2.16. The Hall–Kier alpha value is -0.870. The Labute approximate surface area is 84.2 Å². The molecule has 0 radical (unpaired) electrons. The lowest BCUT2D eigenvalue weighted by Gasteiger charge is -2.21. The van der Waals surface area contributed by atoms with Crippen molar-refractivity contribution < 1.29 is 19.7 Å². The first-order valence-electron chi connectivity index (χ1n) is 4.60. The molecule has 0 aliphatic rings. The first-order chi connectivity index (χ1) is 6.60. The minimum atomic E-state index is -1.19. The van der Waals surface area contributed by atoms with Crippen molar-refractivity contribution in [2.24, 2.45) is 5.41 Å². The highest BCUT2D eigenvalue weighted by Gasteiger charge is 2.33. The number of carbonyl (C=O) groups excluding carboxylic acids is 1. The van der Waals surface area contributed by atoms with Gasteiger partial charge in [0.2, 0.25) is 0 Å². The van der Waals surface area contributed by atoms with Crippen LogP contribution in [-0.4, -0.2) is 36.0 Å². The summed E-state index contributed by atoms with van der Waals surface area (Å²) in [6.07, 6.45) is 3.23. The van der Waals surface area contributed by atoms with E-state index >= 15 is 0 Å². The molecule has 0 aromatic heterocycles. The Balaban J connectivity index is 3.87. The van der Waals surface area contributed by atoms with E-state index in [0.29, 0.717) is 13.0 Å². The fourth-order valence-corrected chi connectivity index (χ4v) is 0.746. The Morgan fingerprint density at radius 3 is 2.50 bits per heavy atom. The first-order valence-corrected chi connectivity index (χ1v) is 4.60. The summed E-state index contributed by atoms with van der Waals surface area (Å²) >= 11 is 0. The van der Waals surface area contributed by atoms with Crippen molar-refractivity contribution in [3.05, 3.63) is 12.7 Å². The second kappa shape index (κ2) is 6.56. The third-order valence-corrected chi connectivity index (χ3v) is 1.98. The molecule has 0 unspecified atom stereocenters. The molecule has 4 nitrogen and oxygen atoms in total. The van der Waals surface area contributed by atoms with Crippen LogP contribution in [0, 0.1) is 5.41 Å². The van der Waals surface area contributed by atoms with E-state index in [1.54, 1.807) is 6.08 Å². The number of allylic oxidation sites excluding steroid dienone is 1. The van der Waals surface area contributed by atoms with Crippen LogP contribution in [0.15, 0.2) is 12.7 Å². The van der Waals surface area contributed by atoms with Gasteiger partial charge in [-0.15, -0.1) is 6.58 Å². The average molecular weight is 202 g/mol. The molecular formula is C10H18O4. The molecule has 2 N–H and O–H groups in total. The maximum Gasteiger partial charge on any atom is 0.316 e. The summed E-state index contributed by atoms with van der Waals surface area (Å²) in [4.78, 5) is 11.3. The monoisotopic (exact) mass is 202 g/mol. The van der Waals surface area contributed by atoms with Gasteiger partial charge in [0, 0.05) is 0 Å². The highest BCUT2D eigenvalue weighted by atomic mass is 16.5. The third-order valence-electron chi connectivity index (χ3n) is 1.98. The van der Waals surface area contributed by atoms with Gasteiger partial charge in [0.15, 0.2) is 0 Å². The number of carbonyl (C=O) groups is 1. The summed E-state index contributed by atoms with van der Waals surface area (Å²) in [5.74, 6) is -0.563.